The number of pyridine rings is 2. The van der Waals surface area contributed by atoms with Crippen LogP contribution in [0.1, 0.15) is 43.4 Å². The highest BCUT2D eigenvalue weighted by Gasteiger charge is 2.34. The standard InChI is InChI=1S/C27H33N5O2/c1-17-16-31(11-12-32(17)23(33)10-13-34-3)27-25(28)18(2)24(26(30-27)19-8-9-19)22-15-29-14-20-6-4-5-7-21(20)22/h4-7,14-15,17,19H,8-13,16,28H2,1-3H3/t17-/m1/s1. The highest BCUT2D eigenvalue weighted by atomic mass is 16.5. The fourth-order valence-corrected chi connectivity index (χ4v) is 5.13. The van der Waals surface area contributed by atoms with Crippen LogP contribution in [0.25, 0.3) is 21.9 Å². The molecule has 1 saturated heterocycles. The van der Waals surface area contributed by atoms with Gasteiger partial charge >= 0.3 is 0 Å². The first-order chi connectivity index (χ1) is 16.5. The van der Waals surface area contributed by atoms with E-state index < -0.39 is 0 Å². The number of piperazine rings is 1. The van der Waals surface area contributed by atoms with Crippen molar-refractivity contribution in [2.24, 2.45) is 0 Å². The fourth-order valence-electron chi connectivity index (χ4n) is 5.13. The van der Waals surface area contributed by atoms with Crippen molar-refractivity contribution in [2.45, 2.75) is 45.1 Å². The normalized spacial score (nSPS) is 18.5. The molecule has 1 aromatic carbocycles. The maximum atomic E-state index is 12.6. The van der Waals surface area contributed by atoms with Gasteiger partial charge in [-0.05, 0) is 37.6 Å². The molecule has 178 valence electrons. The van der Waals surface area contributed by atoms with Crippen molar-refractivity contribution in [3.05, 3.63) is 47.9 Å². The Balaban J connectivity index is 1.51. The van der Waals surface area contributed by atoms with Crippen LogP contribution in [-0.4, -0.2) is 60.2 Å². The van der Waals surface area contributed by atoms with Crippen molar-refractivity contribution >= 4 is 28.2 Å². The summed E-state index contributed by atoms with van der Waals surface area (Å²) in [5.74, 6) is 1.46. The largest absolute Gasteiger partial charge is 0.396 e. The van der Waals surface area contributed by atoms with Crippen LogP contribution in [0, 0.1) is 6.92 Å². The number of fused-ring (bicyclic) bond motifs is 1. The van der Waals surface area contributed by atoms with E-state index in [2.05, 4.69) is 41.9 Å². The van der Waals surface area contributed by atoms with Gasteiger partial charge in [0.2, 0.25) is 5.91 Å². The quantitative estimate of drug-likeness (QED) is 0.596. The third-order valence-electron chi connectivity index (χ3n) is 7.17. The van der Waals surface area contributed by atoms with Crippen LogP contribution in [0.3, 0.4) is 0 Å². The highest BCUT2D eigenvalue weighted by molar-refractivity contribution is 5.98. The lowest BCUT2D eigenvalue weighted by atomic mass is 9.93. The number of aromatic nitrogens is 2. The van der Waals surface area contributed by atoms with Crippen molar-refractivity contribution in [2.75, 3.05) is 44.0 Å². The van der Waals surface area contributed by atoms with Gasteiger partial charge in [-0.2, -0.15) is 0 Å². The summed E-state index contributed by atoms with van der Waals surface area (Å²) in [7, 11) is 1.63. The first-order valence-electron chi connectivity index (χ1n) is 12.2. The van der Waals surface area contributed by atoms with Crippen molar-refractivity contribution < 1.29 is 9.53 Å². The van der Waals surface area contributed by atoms with Crippen molar-refractivity contribution in [1.82, 2.24) is 14.9 Å². The van der Waals surface area contributed by atoms with Gasteiger partial charge in [0, 0.05) is 67.6 Å². The number of rotatable bonds is 6. The Kier molecular flexibility index (Phi) is 6.13. The predicted molar refractivity (Wildman–Crippen MR) is 136 cm³/mol. The van der Waals surface area contributed by atoms with Gasteiger partial charge in [0.1, 0.15) is 0 Å². The van der Waals surface area contributed by atoms with Gasteiger partial charge in [0.15, 0.2) is 5.82 Å². The Bertz CT molecular complexity index is 1220. The summed E-state index contributed by atoms with van der Waals surface area (Å²) in [6.07, 6.45) is 6.58. The van der Waals surface area contributed by atoms with E-state index in [-0.39, 0.29) is 11.9 Å². The molecule has 7 nitrogen and oxygen atoms in total. The Morgan fingerprint density at radius 1 is 1.21 bits per heavy atom. The molecule has 1 aliphatic carbocycles. The molecule has 1 amide bonds. The van der Waals surface area contributed by atoms with E-state index in [0.717, 1.165) is 58.7 Å². The molecule has 7 heteroatoms. The molecule has 3 aromatic rings. The molecule has 1 saturated carbocycles. The van der Waals surface area contributed by atoms with E-state index in [9.17, 15) is 4.79 Å². The zero-order valence-electron chi connectivity index (χ0n) is 20.3. The molecule has 34 heavy (non-hydrogen) atoms. The van der Waals surface area contributed by atoms with E-state index in [4.69, 9.17) is 15.5 Å². The zero-order chi connectivity index (χ0) is 23.8. The Labute approximate surface area is 200 Å². The van der Waals surface area contributed by atoms with Gasteiger partial charge < -0.3 is 20.3 Å². The summed E-state index contributed by atoms with van der Waals surface area (Å²) in [5.41, 5.74) is 11.9. The topological polar surface area (TPSA) is 84.6 Å². The number of nitrogens with zero attached hydrogens (tertiary/aromatic N) is 4. The minimum absolute atomic E-state index is 0.0888. The SMILES string of the molecule is COCCC(=O)N1CCN(c2nc(C3CC3)c(-c3cncc4ccccc34)c(C)c2N)C[C@H]1C. The summed E-state index contributed by atoms with van der Waals surface area (Å²) in [4.78, 5) is 26.5. The van der Waals surface area contributed by atoms with Gasteiger partial charge in [-0.25, -0.2) is 4.98 Å². The van der Waals surface area contributed by atoms with Gasteiger partial charge in [-0.3, -0.25) is 9.78 Å². The third-order valence-corrected chi connectivity index (χ3v) is 7.17. The number of ether oxygens (including phenoxy) is 1. The number of benzene rings is 1. The lowest BCUT2D eigenvalue weighted by Gasteiger charge is -2.41. The first-order valence-corrected chi connectivity index (χ1v) is 12.2. The monoisotopic (exact) mass is 459 g/mol. The smallest absolute Gasteiger partial charge is 0.225 e. The number of carbonyl (C=O) groups is 1. The second-order valence-corrected chi connectivity index (χ2v) is 9.54. The lowest BCUT2D eigenvalue weighted by Crippen LogP contribution is -2.54. The van der Waals surface area contributed by atoms with E-state index >= 15 is 0 Å². The van der Waals surface area contributed by atoms with Crippen LogP contribution in [0.5, 0.6) is 0 Å². The van der Waals surface area contributed by atoms with Crippen molar-refractivity contribution in [3.8, 4) is 11.1 Å². The van der Waals surface area contributed by atoms with Gasteiger partial charge in [0.05, 0.1) is 24.4 Å². The van der Waals surface area contributed by atoms with Gasteiger partial charge in [-0.15, -0.1) is 0 Å². The van der Waals surface area contributed by atoms with Crippen LogP contribution in [0.2, 0.25) is 0 Å². The Morgan fingerprint density at radius 3 is 2.74 bits per heavy atom. The van der Waals surface area contributed by atoms with E-state index in [0.29, 0.717) is 32.0 Å². The molecule has 1 aliphatic heterocycles. The number of nitrogens with two attached hydrogens (primary N) is 1. The third kappa shape index (κ3) is 4.09. The predicted octanol–water partition coefficient (Wildman–Crippen LogP) is 4.14. The second-order valence-electron chi connectivity index (χ2n) is 9.54. The Hall–Kier alpha value is -3.19. The molecule has 5 rings (SSSR count). The first kappa shape index (κ1) is 22.6. The molecule has 0 spiro atoms. The molecule has 2 aliphatic rings. The molecule has 0 bridgehead atoms. The van der Waals surface area contributed by atoms with E-state index in [1.807, 2.05) is 23.4 Å². The number of methoxy groups -OCH3 is 1. The lowest BCUT2D eigenvalue weighted by molar-refractivity contribution is -0.134. The number of hydrogen-bond acceptors (Lipinski definition) is 6. The number of nitrogen functional groups attached to an aromatic ring is 1. The van der Waals surface area contributed by atoms with Gasteiger partial charge in [0.25, 0.3) is 0 Å². The Morgan fingerprint density at radius 2 is 2.00 bits per heavy atom. The number of carbonyl (C=O) groups excluding carboxylic acids is 1. The molecule has 2 N–H and O–H groups in total. The maximum absolute atomic E-state index is 12.6. The van der Waals surface area contributed by atoms with Crippen LogP contribution in [0.15, 0.2) is 36.7 Å². The van der Waals surface area contributed by atoms with Crippen LogP contribution in [-0.2, 0) is 9.53 Å². The van der Waals surface area contributed by atoms with Crippen LogP contribution in [0.4, 0.5) is 11.5 Å². The summed E-state index contributed by atoms with van der Waals surface area (Å²) in [6, 6.07) is 8.44. The average molecular weight is 460 g/mol. The molecular formula is C27H33N5O2. The molecule has 2 fully saturated rings. The summed E-state index contributed by atoms with van der Waals surface area (Å²) >= 11 is 0. The summed E-state index contributed by atoms with van der Waals surface area (Å²) < 4.78 is 5.08. The minimum atomic E-state index is 0.0888. The molecule has 1 atom stereocenters. The number of anilines is 2. The second kappa shape index (κ2) is 9.22. The molecule has 0 unspecified atom stereocenters. The summed E-state index contributed by atoms with van der Waals surface area (Å²) in [6.45, 7) is 6.76. The average Bonchev–Trinajstić information content (AvgIpc) is 3.69. The molecule has 2 aromatic heterocycles. The summed E-state index contributed by atoms with van der Waals surface area (Å²) in [5, 5.41) is 2.29. The number of amides is 1. The number of hydrogen-bond donors (Lipinski definition) is 1. The fraction of sp³-hybridized carbons (Fsp3) is 0.444. The van der Waals surface area contributed by atoms with Crippen molar-refractivity contribution in [3.63, 3.8) is 0 Å². The highest BCUT2D eigenvalue weighted by Crippen LogP contribution is 2.48. The molecule has 3 heterocycles. The molecular weight excluding hydrogens is 426 g/mol. The van der Waals surface area contributed by atoms with Crippen molar-refractivity contribution in [1.29, 1.82) is 0 Å². The van der Waals surface area contributed by atoms with Crippen LogP contribution >= 0.6 is 0 Å². The van der Waals surface area contributed by atoms with E-state index in [1.54, 1.807) is 7.11 Å². The van der Waals surface area contributed by atoms with E-state index in [1.165, 1.54) is 5.39 Å². The minimum Gasteiger partial charge on any atom is -0.396 e. The maximum Gasteiger partial charge on any atom is 0.225 e. The zero-order valence-corrected chi connectivity index (χ0v) is 20.3. The van der Waals surface area contributed by atoms with Crippen LogP contribution < -0.4 is 10.6 Å². The molecule has 0 radical (unpaired) electrons. The van der Waals surface area contributed by atoms with Gasteiger partial charge in [-0.1, -0.05) is 24.3 Å².